The lowest BCUT2D eigenvalue weighted by Gasteiger charge is -2.14. The molecule has 0 aliphatic carbocycles. The fourth-order valence-corrected chi connectivity index (χ4v) is 2.91. The maximum atomic E-state index is 12.8. The standard InChI is InChI=1S/C24H26N2O5/c1-4-29-21-10-8-18(13-22(21)30-5-2)24(27)26-19-9-11-20(28-3)23(14-19)31-16-17-7-6-12-25-15-17/h6-15H,4-5,16H2,1-3H3,(H,26,27). The number of nitrogens with one attached hydrogen (secondary N) is 1. The highest BCUT2D eigenvalue weighted by Gasteiger charge is 2.13. The number of aromatic nitrogens is 1. The topological polar surface area (TPSA) is 78.9 Å². The molecule has 162 valence electrons. The quantitative estimate of drug-likeness (QED) is 0.509. The van der Waals surface area contributed by atoms with Crippen LogP contribution >= 0.6 is 0 Å². The molecule has 0 spiro atoms. The molecule has 7 nitrogen and oxygen atoms in total. The molecule has 1 heterocycles. The Morgan fingerprint density at radius 2 is 1.65 bits per heavy atom. The normalized spacial score (nSPS) is 10.3. The van der Waals surface area contributed by atoms with E-state index in [1.165, 1.54) is 0 Å². The first kappa shape index (κ1) is 22.0. The first-order valence-electron chi connectivity index (χ1n) is 10.0. The smallest absolute Gasteiger partial charge is 0.255 e. The summed E-state index contributed by atoms with van der Waals surface area (Å²) in [5, 5.41) is 2.89. The molecule has 7 heteroatoms. The number of rotatable bonds is 10. The summed E-state index contributed by atoms with van der Waals surface area (Å²) < 4.78 is 22.4. The summed E-state index contributed by atoms with van der Waals surface area (Å²) in [4.78, 5) is 16.9. The maximum Gasteiger partial charge on any atom is 0.255 e. The lowest BCUT2D eigenvalue weighted by molar-refractivity contribution is 0.102. The fraction of sp³-hybridized carbons (Fsp3) is 0.250. The Kier molecular flexibility index (Phi) is 7.70. The van der Waals surface area contributed by atoms with Gasteiger partial charge in [0.25, 0.3) is 5.91 Å². The average molecular weight is 422 g/mol. The summed E-state index contributed by atoms with van der Waals surface area (Å²) >= 11 is 0. The molecule has 1 N–H and O–H groups in total. The Balaban J connectivity index is 1.75. The Morgan fingerprint density at radius 3 is 2.35 bits per heavy atom. The van der Waals surface area contributed by atoms with Gasteiger partial charge in [0.05, 0.1) is 20.3 Å². The number of hydrogen-bond acceptors (Lipinski definition) is 6. The monoisotopic (exact) mass is 422 g/mol. The van der Waals surface area contributed by atoms with E-state index in [9.17, 15) is 4.79 Å². The predicted molar refractivity (Wildman–Crippen MR) is 118 cm³/mol. The van der Waals surface area contributed by atoms with Gasteiger partial charge in [0, 0.05) is 35.3 Å². The van der Waals surface area contributed by atoms with Crippen LogP contribution in [0.25, 0.3) is 0 Å². The summed E-state index contributed by atoms with van der Waals surface area (Å²) in [7, 11) is 1.57. The molecule has 3 aromatic rings. The van der Waals surface area contributed by atoms with E-state index in [1.807, 2.05) is 26.0 Å². The van der Waals surface area contributed by atoms with E-state index in [1.54, 1.807) is 55.9 Å². The third-order valence-electron chi connectivity index (χ3n) is 4.34. The molecule has 2 aromatic carbocycles. The van der Waals surface area contributed by atoms with Gasteiger partial charge in [0.1, 0.15) is 6.61 Å². The van der Waals surface area contributed by atoms with Crippen LogP contribution in [0.4, 0.5) is 5.69 Å². The summed E-state index contributed by atoms with van der Waals surface area (Å²) in [6.45, 7) is 5.10. The highest BCUT2D eigenvalue weighted by Crippen LogP contribution is 2.32. The van der Waals surface area contributed by atoms with Crippen molar-refractivity contribution in [2.75, 3.05) is 25.6 Å². The zero-order valence-electron chi connectivity index (χ0n) is 17.9. The van der Waals surface area contributed by atoms with E-state index >= 15 is 0 Å². The van der Waals surface area contributed by atoms with Crippen LogP contribution in [-0.4, -0.2) is 31.2 Å². The summed E-state index contributed by atoms with van der Waals surface area (Å²) in [5.74, 6) is 1.96. The van der Waals surface area contributed by atoms with Crippen molar-refractivity contribution >= 4 is 11.6 Å². The Hall–Kier alpha value is -3.74. The molecule has 0 bridgehead atoms. The van der Waals surface area contributed by atoms with Crippen LogP contribution in [0.15, 0.2) is 60.9 Å². The molecule has 0 radical (unpaired) electrons. The molecule has 0 atom stereocenters. The number of nitrogens with zero attached hydrogens (tertiary/aromatic N) is 1. The Labute approximate surface area is 181 Å². The van der Waals surface area contributed by atoms with Gasteiger partial charge >= 0.3 is 0 Å². The van der Waals surface area contributed by atoms with Crippen molar-refractivity contribution in [1.82, 2.24) is 4.98 Å². The van der Waals surface area contributed by atoms with Crippen LogP contribution in [0.1, 0.15) is 29.8 Å². The average Bonchev–Trinajstić information content (AvgIpc) is 2.80. The van der Waals surface area contributed by atoms with E-state index in [-0.39, 0.29) is 5.91 Å². The third kappa shape index (κ3) is 5.88. The molecule has 1 amide bonds. The number of pyridine rings is 1. The highest BCUT2D eigenvalue weighted by atomic mass is 16.5. The van der Waals surface area contributed by atoms with Crippen LogP contribution in [0.3, 0.4) is 0 Å². The second-order valence-electron chi connectivity index (χ2n) is 6.50. The van der Waals surface area contributed by atoms with Crippen LogP contribution in [0.5, 0.6) is 23.0 Å². The van der Waals surface area contributed by atoms with E-state index in [0.717, 1.165) is 5.56 Å². The van der Waals surface area contributed by atoms with Crippen molar-refractivity contribution in [3.63, 3.8) is 0 Å². The van der Waals surface area contributed by atoms with Gasteiger partial charge in [-0.1, -0.05) is 6.07 Å². The number of amides is 1. The first-order valence-corrected chi connectivity index (χ1v) is 10.0. The molecule has 0 saturated carbocycles. The van der Waals surface area contributed by atoms with Crippen molar-refractivity contribution in [3.8, 4) is 23.0 Å². The molecule has 0 unspecified atom stereocenters. The summed E-state index contributed by atoms with van der Waals surface area (Å²) in [6.07, 6.45) is 3.44. The first-order chi connectivity index (χ1) is 15.1. The minimum Gasteiger partial charge on any atom is -0.493 e. The van der Waals surface area contributed by atoms with E-state index < -0.39 is 0 Å². The molecule has 0 aliphatic rings. The van der Waals surface area contributed by atoms with Crippen LogP contribution in [-0.2, 0) is 6.61 Å². The van der Waals surface area contributed by atoms with Crippen LogP contribution in [0, 0.1) is 0 Å². The van der Waals surface area contributed by atoms with Crippen LogP contribution in [0.2, 0.25) is 0 Å². The zero-order chi connectivity index (χ0) is 22.1. The van der Waals surface area contributed by atoms with Crippen molar-refractivity contribution in [1.29, 1.82) is 0 Å². The number of benzene rings is 2. The van der Waals surface area contributed by atoms with Gasteiger partial charge in [-0.15, -0.1) is 0 Å². The molecule has 3 rings (SSSR count). The van der Waals surface area contributed by atoms with Gasteiger partial charge in [0.2, 0.25) is 0 Å². The minimum absolute atomic E-state index is 0.271. The summed E-state index contributed by atoms with van der Waals surface area (Å²) in [5.41, 5.74) is 1.97. The molecule has 1 aromatic heterocycles. The van der Waals surface area contributed by atoms with Gasteiger partial charge in [-0.25, -0.2) is 0 Å². The van der Waals surface area contributed by atoms with Gasteiger partial charge in [-0.2, -0.15) is 0 Å². The molecule has 0 aliphatic heterocycles. The highest BCUT2D eigenvalue weighted by molar-refractivity contribution is 6.04. The van der Waals surface area contributed by atoms with Crippen molar-refractivity contribution in [2.45, 2.75) is 20.5 Å². The number of anilines is 1. The molecule has 0 saturated heterocycles. The van der Waals surface area contributed by atoms with Gasteiger partial charge < -0.3 is 24.3 Å². The van der Waals surface area contributed by atoms with E-state index in [4.69, 9.17) is 18.9 Å². The van der Waals surface area contributed by atoms with Gasteiger partial charge in [-0.05, 0) is 50.2 Å². The fourth-order valence-electron chi connectivity index (χ4n) is 2.91. The third-order valence-corrected chi connectivity index (χ3v) is 4.34. The van der Waals surface area contributed by atoms with Crippen LogP contribution < -0.4 is 24.3 Å². The van der Waals surface area contributed by atoms with Crippen molar-refractivity contribution in [2.24, 2.45) is 0 Å². The molecule has 0 fully saturated rings. The number of ether oxygens (including phenoxy) is 4. The number of carbonyl (C=O) groups is 1. The predicted octanol–water partition coefficient (Wildman–Crippen LogP) is 4.72. The molecular weight excluding hydrogens is 396 g/mol. The van der Waals surface area contributed by atoms with E-state index in [0.29, 0.717) is 54.1 Å². The zero-order valence-corrected chi connectivity index (χ0v) is 17.9. The maximum absolute atomic E-state index is 12.8. The SMILES string of the molecule is CCOc1ccc(C(=O)Nc2ccc(OC)c(OCc3cccnc3)c2)cc1OCC. The lowest BCUT2D eigenvalue weighted by atomic mass is 10.1. The molecule has 31 heavy (non-hydrogen) atoms. The van der Waals surface area contributed by atoms with E-state index in [2.05, 4.69) is 10.3 Å². The molecular formula is C24H26N2O5. The Bertz CT molecular complexity index is 1010. The second-order valence-corrected chi connectivity index (χ2v) is 6.50. The minimum atomic E-state index is -0.271. The largest absolute Gasteiger partial charge is 0.493 e. The number of hydrogen-bond donors (Lipinski definition) is 1. The number of methoxy groups -OCH3 is 1. The number of carbonyl (C=O) groups excluding carboxylic acids is 1. The van der Waals surface area contributed by atoms with Crippen molar-refractivity contribution < 1.29 is 23.7 Å². The lowest BCUT2D eigenvalue weighted by Crippen LogP contribution is -2.12. The summed E-state index contributed by atoms with van der Waals surface area (Å²) in [6, 6.07) is 14.1. The van der Waals surface area contributed by atoms with Crippen molar-refractivity contribution in [3.05, 3.63) is 72.1 Å². The van der Waals surface area contributed by atoms with Gasteiger partial charge in [0.15, 0.2) is 23.0 Å². The Morgan fingerprint density at radius 1 is 0.903 bits per heavy atom. The second kappa shape index (κ2) is 10.9. The van der Waals surface area contributed by atoms with Gasteiger partial charge in [-0.3, -0.25) is 9.78 Å².